The van der Waals surface area contributed by atoms with Crippen molar-refractivity contribution in [1.29, 1.82) is 0 Å². The number of furan rings is 1. The molecule has 59 heavy (non-hydrogen) atoms. The minimum Gasteiger partial charge on any atom is 0 e. The molecule has 0 bridgehead atoms. The number of imidazole rings is 1. The van der Waals surface area contributed by atoms with Crippen LogP contribution >= 0.6 is 0 Å². The van der Waals surface area contributed by atoms with E-state index in [0.717, 1.165) is 78.1 Å². The molecule has 0 unspecified atom stereocenters. The Bertz CT molecular complexity index is 3100. The molecule has 10 rings (SSSR count). The summed E-state index contributed by atoms with van der Waals surface area (Å²) < 4.78 is 32.0. The van der Waals surface area contributed by atoms with Crippen molar-refractivity contribution in [3.63, 3.8) is 0 Å². The molecule has 7 heteroatoms. The first-order valence-corrected chi connectivity index (χ1v) is 26.7. The molecule has 0 aliphatic carbocycles. The molecule has 0 atom stereocenters. The van der Waals surface area contributed by atoms with Gasteiger partial charge in [-0.3, -0.25) is 4.98 Å². The zero-order valence-electron chi connectivity index (χ0n) is 36.1. The van der Waals surface area contributed by atoms with Gasteiger partial charge in [0.25, 0.3) is 0 Å². The Kier molecular flexibility index (Phi) is 10.3. The number of fused-ring (bicyclic) bond motifs is 4. The maximum absolute atomic E-state index is 7.35. The van der Waals surface area contributed by atoms with E-state index in [1.54, 1.807) is 12.1 Å². The predicted octanol–water partition coefficient (Wildman–Crippen LogP) is 12.8. The Morgan fingerprint density at radius 3 is 2.17 bits per heavy atom. The summed E-state index contributed by atoms with van der Waals surface area (Å²) in [5.74, 6) is 7.76. The van der Waals surface area contributed by atoms with Gasteiger partial charge in [-0.2, -0.15) is 0 Å². The third kappa shape index (κ3) is 8.09. The van der Waals surface area contributed by atoms with Gasteiger partial charge in [-0.25, -0.2) is 4.98 Å². The molecule has 291 valence electrons. The van der Waals surface area contributed by atoms with E-state index in [4.69, 9.17) is 13.5 Å². The Hall–Kier alpha value is -5.92. The summed E-state index contributed by atoms with van der Waals surface area (Å²) >= 11 is -1.83. The van der Waals surface area contributed by atoms with Crippen molar-refractivity contribution in [3.05, 3.63) is 187 Å². The summed E-state index contributed by atoms with van der Waals surface area (Å²) in [5, 5.41) is 1.99. The Labute approximate surface area is 365 Å². The van der Waals surface area contributed by atoms with Crippen LogP contribution in [-0.2, 0) is 20.1 Å². The number of rotatable bonds is 6. The van der Waals surface area contributed by atoms with Crippen molar-refractivity contribution in [3.8, 4) is 50.6 Å². The number of para-hydroxylation sites is 2. The van der Waals surface area contributed by atoms with Crippen molar-refractivity contribution in [2.75, 3.05) is 0 Å². The Morgan fingerprint density at radius 2 is 1.46 bits per heavy atom. The van der Waals surface area contributed by atoms with Crippen molar-refractivity contribution in [2.24, 2.45) is 0 Å². The number of hydrogen-bond acceptors (Lipinski definition) is 4. The summed E-state index contributed by atoms with van der Waals surface area (Å²) in [5.41, 5.74) is 12.6. The standard InChI is InChI=1S/C37H24N3O.C15H18GeN.Ir/c1-24-19-21-29-28-15-10-16-30(35(28)41-37(29)38-24)36-39-32-17-8-9-18-34(32)40(36)33-22-20-27(25-11-4-2-5-12-25)23-31(33)26-13-6-3-7-14-26;1-12-5-7-13(8-6-12)15-10-9-14(11-17-15)16(2,3)4;/h2-15,17-23H,1H3;5-7,9-11H,1-4H3;/q2*-1;/i;1D3;. The number of aryl methyl sites for hydroxylation is 2. The van der Waals surface area contributed by atoms with Crippen LogP contribution in [0.2, 0.25) is 17.3 Å². The fraction of sp³-hybridized carbons (Fsp3) is 0.0962. The monoisotopic (exact) mass is 1010 g/mol. The van der Waals surface area contributed by atoms with Crippen molar-refractivity contribution in [1.82, 2.24) is 19.5 Å². The molecule has 10 aromatic rings. The third-order valence-electron chi connectivity index (χ3n) is 10.4. The van der Waals surface area contributed by atoms with E-state index < -0.39 is 20.1 Å². The van der Waals surface area contributed by atoms with Crippen LogP contribution in [0.25, 0.3) is 83.7 Å². The Morgan fingerprint density at radius 1 is 0.695 bits per heavy atom. The number of benzene rings is 6. The van der Waals surface area contributed by atoms with E-state index in [1.807, 2.05) is 49.5 Å². The smallest absolute Gasteiger partial charge is 0 e. The van der Waals surface area contributed by atoms with E-state index in [1.165, 1.54) is 16.0 Å². The van der Waals surface area contributed by atoms with Gasteiger partial charge in [0.05, 0.1) is 22.4 Å². The van der Waals surface area contributed by atoms with Crippen LogP contribution in [0.1, 0.15) is 15.4 Å². The van der Waals surface area contributed by atoms with Gasteiger partial charge in [0.15, 0.2) is 0 Å². The summed E-state index contributed by atoms with van der Waals surface area (Å²) in [6.45, 7) is -0.102. The van der Waals surface area contributed by atoms with E-state index in [-0.39, 0.29) is 20.1 Å². The van der Waals surface area contributed by atoms with Gasteiger partial charge in [-0.15, -0.1) is 18.2 Å². The van der Waals surface area contributed by atoms with Crippen LogP contribution in [0.3, 0.4) is 0 Å². The van der Waals surface area contributed by atoms with Crippen LogP contribution in [0.5, 0.6) is 0 Å². The summed E-state index contributed by atoms with van der Waals surface area (Å²) in [4.78, 5) is 14.3. The molecule has 0 aliphatic heterocycles. The second-order valence-corrected chi connectivity index (χ2v) is 26.1. The molecule has 0 spiro atoms. The molecule has 4 heterocycles. The SMILES string of the molecule is Cc1ccc2c(n1)oc1c(-c3nc4ccccc4n3-c3ccc(-c4ccccc4)cc3-c3ccccc3)[c-]ccc12.[2H]C([2H])([2H])c1c[c-]c(-c2cc[c]([Ge]([CH3])([CH3])[CH3])cn2)cc1.[Ir]. The largest absolute Gasteiger partial charge is 0 e. The molecule has 4 aromatic heterocycles. The van der Waals surface area contributed by atoms with Crippen LogP contribution in [0.4, 0.5) is 0 Å². The normalized spacial score (nSPS) is 12.3. The first-order valence-electron chi connectivity index (χ1n) is 20.9. The average Bonchev–Trinajstić information content (AvgIpc) is 3.85. The summed E-state index contributed by atoms with van der Waals surface area (Å²) in [6.07, 6.45) is 1.95. The molecule has 0 amide bonds. The van der Waals surface area contributed by atoms with Gasteiger partial charge in [0, 0.05) is 42.4 Å². The fourth-order valence-corrected chi connectivity index (χ4v) is 9.46. The van der Waals surface area contributed by atoms with Crippen molar-refractivity contribution in [2.45, 2.75) is 31.0 Å². The number of pyridine rings is 2. The predicted molar refractivity (Wildman–Crippen MR) is 242 cm³/mol. The molecule has 0 saturated heterocycles. The van der Waals surface area contributed by atoms with Crippen LogP contribution in [0.15, 0.2) is 168 Å². The molecule has 0 aliphatic rings. The van der Waals surface area contributed by atoms with Crippen molar-refractivity contribution >= 4 is 50.8 Å². The molecule has 0 N–H and O–H groups in total. The molecular weight excluding hydrogens is 961 g/mol. The first-order chi connectivity index (χ1) is 29.4. The van der Waals surface area contributed by atoms with Gasteiger partial charge in [0.1, 0.15) is 0 Å². The average molecular weight is 1010 g/mol. The van der Waals surface area contributed by atoms with Crippen LogP contribution in [0, 0.1) is 25.9 Å². The summed E-state index contributed by atoms with van der Waals surface area (Å²) in [7, 11) is 0. The first kappa shape index (κ1) is 36.2. The minimum atomic E-state index is -2.08. The number of nitrogens with zero attached hydrogens (tertiary/aromatic N) is 4. The van der Waals surface area contributed by atoms with Crippen LogP contribution in [-0.4, -0.2) is 32.8 Å². The van der Waals surface area contributed by atoms with Gasteiger partial charge in [-0.05, 0) is 60.0 Å². The quantitative estimate of drug-likeness (QED) is 0.123. The van der Waals surface area contributed by atoms with E-state index in [0.29, 0.717) is 11.3 Å². The van der Waals surface area contributed by atoms with E-state index >= 15 is 0 Å². The molecule has 5 nitrogen and oxygen atoms in total. The maximum Gasteiger partial charge on any atom is 0 e. The zero-order chi connectivity index (χ0) is 42.3. The zero-order valence-corrected chi connectivity index (χ0v) is 37.6. The van der Waals surface area contributed by atoms with Gasteiger partial charge in [0.2, 0.25) is 5.71 Å². The maximum atomic E-state index is 7.35. The van der Waals surface area contributed by atoms with Gasteiger partial charge < -0.3 is 8.98 Å². The third-order valence-corrected chi connectivity index (χ3v) is 14.6. The van der Waals surface area contributed by atoms with Crippen molar-refractivity contribution < 1.29 is 28.6 Å². The number of hydrogen-bond donors (Lipinski definition) is 0. The number of aromatic nitrogens is 4. The van der Waals surface area contributed by atoms with Gasteiger partial charge in [-0.1, -0.05) is 89.8 Å². The molecular formula is C52H42GeIrN4O-2. The topological polar surface area (TPSA) is 56.7 Å². The summed E-state index contributed by atoms with van der Waals surface area (Å²) in [6, 6.07) is 59.6. The second-order valence-electron chi connectivity index (χ2n) is 15.4. The fourth-order valence-electron chi connectivity index (χ4n) is 7.29. The second kappa shape index (κ2) is 16.7. The van der Waals surface area contributed by atoms with Crippen LogP contribution < -0.4 is 4.40 Å². The molecule has 6 aromatic carbocycles. The van der Waals surface area contributed by atoms with Gasteiger partial charge >= 0.3 is 110 Å². The minimum absolute atomic E-state index is 0. The van der Waals surface area contributed by atoms with E-state index in [9.17, 15) is 0 Å². The Balaban J connectivity index is 0.000000214. The molecule has 1 radical (unpaired) electrons. The molecule has 0 saturated carbocycles. The van der Waals surface area contributed by atoms with E-state index in [2.05, 4.69) is 147 Å². The molecule has 0 fully saturated rings.